The molecule has 110 valence electrons. The summed E-state index contributed by atoms with van der Waals surface area (Å²) in [4.78, 5) is 2.53. The first kappa shape index (κ1) is 13.4. The van der Waals surface area contributed by atoms with Crippen molar-refractivity contribution in [1.82, 2.24) is 0 Å². The Balaban J connectivity index is 1.95. The summed E-state index contributed by atoms with van der Waals surface area (Å²) in [7, 11) is 0. The predicted octanol–water partition coefficient (Wildman–Crippen LogP) is 5.34. The Morgan fingerprint density at radius 1 is 0.864 bits per heavy atom. The van der Waals surface area contributed by atoms with Gasteiger partial charge >= 0.3 is 0 Å². The van der Waals surface area contributed by atoms with Gasteiger partial charge in [0.15, 0.2) is 0 Å². The average Bonchev–Trinajstić information content (AvgIpc) is 2.82. The summed E-state index contributed by atoms with van der Waals surface area (Å²) in [5, 5.41) is 0. The fourth-order valence-corrected chi connectivity index (χ4v) is 4.10. The van der Waals surface area contributed by atoms with Gasteiger partial charge in [-0.25, -0.2) is 0 Å². The smallest absolute Gasteiger partial charge is 0.0629 e. The molecule has 0 saturated heterocycles. The number of fused-ring (bicyclic) bond motifs is 3. The number of benzene rings is 2. The average molecular weight is 287 g/mol. The van der Waals surface area contributed by atoms with Crippen molar-refractivity contribution >= 4 is 11.4 Å². The molecule has 0 saturated carbocycles. The number of allylic oxidation sites excluding steroid dienone is 2. The van der Waals surface area contributed by atoms with Crippen LogP contribution < -0.4 is 4.90 Å². The molecule has 1 aliphatic heterocycles. The zero-order valence-corrected chi connectivity index (χ0v) is 13.4. The highest BCUT2D eigenvalue weighted by Crippen LogP contribution is 2.49. The lowest BCUT2D eigenvalue weighted by molar-refractivity contribution is 0.742. The van der Waals surface area contributed by atoms with E-state index >= 15 is 0 Å². The summed E-state index contributed by atoms with van der Waals surface area (Å²) in [5.74, 6) is 0.460. The van der Waals surface area contributed by atoms with E-state index in [1.807, 2.05) is 0 Å². The minimum atomic E-state index is 0.391. The van der Waals surface area contributed by atoms with Gasteiger partial charge in [-0.15, -0.1) is 0 Å². The second-order valence-corrected chi connectivity index (χ2v) is 6.46. The predicted molar refractivity (Wildman–Crippen MR) is 94.0 cm³/mol. The second-order valence-electron chi connectivity index (χ2n) is 6.46. The lowest BCUT2D eigenvalue weighted by atomic mass is 9.91. The van der Waals surface area contributed by atoms with Gasteiger partial charge in [-0.05, 0) is 43.5 Å². The summed E-state index contributed by atoms with van der Waals surface area (Å²) in [6.45, 7) is 6.63. The van der Waals surface area contributed by atoms with E-state index < -0.39 is 0 Å². The highest BCUT2D eigenvalue weighted by atomic mass is 15.2. The topological polar surface area (TPSA) is 3.24 Å². The van der Waals surface area contributed by atoms with Gasteiger partial charge in [0.1, 0.15) is 0 Å². The molecule has 0 fully saturated rings. The van der Waals surface area contributed by atoms with Crippen molar-refractivity contribution in [2.45, 2.75) is 32.7 Å². The molecule has 0 radical (unpaired) electrons. The molecule has 0 spiro atoms. The van der Waals surface area contributed by atoms with Gasteiger partial charge in [0, 0.05) is 17.3 Å². The molecule has 1 heterocycles. The number of nitrogens with zero attached hydrogens (tertiary/aromatic N) is 1. The summed E-state index contributed by atoms with van der Waals surface area (Å²) < 4.78 is 0. The molecule has 0 amide bonds. The number of aryl methyl sites for hydroxylation is 3. The molecule has 0 bridgehead atoms. The molecule has 2 aromatic rings. The molecule has 1 unspecified atom stereocenters. The van der Waals surface area contributed by atoms with Gasteiger partial charge in [0.25, 0.3) is 0 Å². The Kier molecular flexibility index (Phi) is 2.97. The largest absolute Gasteiger partial charge is 0.333 e. The molecule has 1 aliphatic carbocycles. The second kappa shape index (κ2) is 4.88. The van der Waals surface area contributed by atoms with E-state index in [-0.39, 0.29) is 0 Å². The van der Waals surface area contributed by atoms with Crippen molar-refractivity contribution in [2.24, 2.45) is 0 Å². The summed E-state index contributed by atoms with van der Waals surface area (Å²) in [6.07, 6.45) is 9.03. The third-order valence-corrected chi connectivity index (χ3v) is 4.84. The van der Waals surface area contributed by atoms with Crippen LogP contribution in [0.25, 0.3) is 0 Å². The fourth-order valence-electron chi connectivity index (χ4n) is 4.10. The van der Waals surface area contributed by atoms with Crippen LogP contribution >= 0.6 is 0 Å². The Morgan fingerprint density at radius 2 is 1.55 bits per heavy atom. The highest BCUT2D eigenvalue weighted by molar-refractivity contribution is 5.78. The number of hydrogen-bond donors (Lipinski definition) is 0. The highest BCUT2D eigenvalue weighted by Gasteiger charge is 2.37. The Bertz CT molecular complexity index is 774. The molecule has 2 atom stereocenters. The van der Waals surface area contributed by atoms with Crippen molar-refractivity contribution in [3.05, 3.63) is 83.0 Å². The van der Waals surface area contributed by atoms with Crippen molar-refractivity contribution in [3.63, 3.8) is 0 Å². The molecule has 2 aliphatic rings. The summed E-state index contributed by atoms with van der Waals surface area (Å²) in [6, 6.07) is 13.8. The van der Waals surface area contributed by atoms with Crippen LogP contribution in [0.2, 0.25) is 0 Å². The maximum Gasteiger partial charge on any atom is 0.0629 e. The third kappa shape index (κ3) is 1.85. The minimum Gasteiger partial charge on any atom is -0.333 e. The number of rotatable bonds is 1. The molecule has 2 aromatic carbocycles. The Labute approximate surface area is 132 Å². The monoisotopic (exact) mass is 287 g/mol. The van der Waals surface area contributed by atoms with Gasteiger partial charge in [-0.2, -0.15) is 0 Å². The van der Waals surface area contributed by atoms with Crippen LogP contribution in [-0.2, 0) is 0 Å². The van der Waals surface area contributed by atoms with Crippen LogP contribution in [-0.4, -0.2) is 6.04 Å². The third-order valence-electron chi connectivity index (χ3n) is 4.84. The first-order valence-electron chi connectivity index (χ1n) is 7.98. The molecule has 1 heteroatoms. The quantitative estimate of drug-likeness (QED) is 0.684. The van der Waals surface area contributed by atoms with Crippen LogP contribution in [0.1, 0.15) is 28.2 Å². The zero-order chi connectivity index (χ0) is 15.3. The zero-order valence-electron chi connectivity index (χ0n) is 13.4. The molecule has 0 N–H and O–H groups in total. The fraction of sp³-hybridized carbons (Fsp3) is 0.238. The van der Waals surface area contributed by atoms with Crippen LogP contribution in [0.3, 0.4) is 0 Å². The summed E-state index contributed by atoms with van der Waals surface area (Å²) >= 11 is 0. The number of para-hydroxylation sites is 1. The first-order chi connectivity index (χ1) is 10.7. The Hall–Kier alpha value is -2.28. The number of hydrogen-bond acceptors (Lipinski definition) is 1. The van der Waals surface area contributed by atoms with Gasteiger partial charge in [0.2, 0.25) is 0 Å². The van der Waals surface area contributed by atoms with Crippen molar-refractivity contribution in [1.29, 1.82) is 0 Å². The Morgan fingerprint density at radius 3 is 2.32 bits per heavy atom. The van der Waals surface area contributed by atoms with Crippen LogP contribution in [0.4, 0.5) is 11.4 Å². The van der Waals surface area contributed by atoms with Gasteiger partial charge in [0.05, 0.1) is 6.04 Å². The van der Waals surface area contributed by atoms with Crippen molar-refractivity contribution in [2.75, 3.05) is 4.90 Å². The van der Waals surface area contributed by atoms with Gasteiger partial charge in [-0.1, -0.05) is 60.2 Å². The SMILES string of the molecule is Cc1cc(C)c(N2c3ccccc3[C@@H]3C=CC=CC32)c(C)c1. The minimum absolute atomic E-state index is 0.391. The first-order valence-corrected chi connectivity index (χ1v) is 7.98. The van der Waals surface area contributed by atoms with Crippen molar-refractivity contribution < 1.29 is 0 Å². The lowest BCUT2D eigenvalue weighted by Crippen LogP contribution is -2.29. The van der Waals surface area contributed by atoms with E-state index in [4.69, 9.17) is 0 Å². The van der Waals surface area contributed by atoms with E-state index in [9.17, 15) is 0 Å². The normalized spacial score (nSPS) is 21.9. The van der Waals surface area contributed by atoms with Gasteiger partial charge in [-0.3, -0.25) is 0 Å². The van der Waals surface area contributed by atoms with E-state index in [1.165, 1.54) is 33.6 Å². The molecular weight excluding hydrogens is 266 g/mol. The van der Waals surface area contributed by atoms with Crippen LogP contribution in [0, 0.1) is 20.8 Å². The van der Waals surface area contributed by atoms with E-state index in [0.717, 1.165) is 0 Å². The summed E-state index contributed by atoms with van der Waals surface area (Å²) in [5.41, 5.74) is 8.20. The van der Waals surface area contributed by atoms with Crippen LogP contribution in [0.15, 0.2) is 60.7 Å². The van der Waals surface area contributed by atoms with Crippen LogP contribution in [0.5, 0.6) is 0 Å². The maximum atomic E-state index is 2.53. The van der Waals surface area contributed by atoms with E-state index in [0.29, 0.717) is 12.0 Å². The lowest BCUT2D eigenvalue weighted by Gasteiger charge is -2.31. The van der Waals surface area contributed by atoms with E-state index in [2.05, 4.69) is 86.4 Å². The molecule has 22 heavy (non-hydrogen) atoms. The van der Waals surface area contributed by atoms with E-state index in [1.54, 1.807) is 0 Å². The number of anilines is 2. The molecule has 0 aromatic heterocycles. The standard InChI is InChI=1S/C21H21N/c1-14-12-15(2)21(16(3)13-14)22-19-10-6-4-8-17(19)18-9-5-7-11-20(18)22/h4-13,17,19H,1-3H3/t17-,19?/m0/s1. The van der Waals surface area contributed by atoms with Crippen molar-refractivity contribution in [3.8, 4) is 0 Å². The molecule has 1 nitrogen and oxygen atoms in total. The molecular formula is C21H21N. The maximum absolute atomic E-state index is 2.53. The van der Waals surface area contributed by atoms with Gasteiger partial charge < -0.3 is 4.90 Å². The molecule has 4 rings (SSSR count).